The smallest absolute Gasteiger partial charge is 0.155 e. The quantitative estimate of drug-likeness (QED) is 0.852. The molecule has 0 aromatic heterocycles. The maximum atomic E-state index is 11.8. The fraction of sp³-hybridized carbons (Fsp3) is 0.500. The molecule has 0 fully saturated rings. The molecule has 1 aromatic rings. The minimum Gasteiger partial charge on any atom is -0.327 e. The number of nitrogens with two attached hydrogens (primary N) is 1. The normalized spacial score (nSPS) is 13.7. The highest BCUT2D eigenvalue weighted by Crippen LogP contribution is 2.09. The van der Waals surface area contributed by atoms with Crippen LogP contribution in [0.2, 0.25) is 0 Å². The molecule has 4 heteroatoms. The Morgan fingerprint density at radius 1 is 1.25 bits per heavy atom. The van der Waals surface area contributed by atoms with E-state index in [1.807, 2.05) is 38.1 Å². The van der Waals surface area contributed by atoms with Crippen LogP contribution in [0.25, 0.3) is 0 Å². The summed E-state index contributed by atoms with van der Waals surface area (Å²) in [6.07, 6.45) is 0.688. The fourth-order valence-corrected chi connectivity index (χ4v) is 3.15. The topological polar surface area (TPSA) is 60.2 Å². The Bertz CT molecular complexity index is 423. The zero-order valence-electron chi connectivity index (χ0n) is 9.81. The summed E-state index contributed by atoms with van der Waals surface area (Å²) >= 11 is 0. The number of hydrogen-bond donors (Lipinski definition) is 1. The molecular weight excluding hydrogens is 222 g/mol. The Morgan fingerprint density at radius 3 is 2.31 bits per heavy atom. The molecular formula is C12H19NO2S. The van der Waals surface area contributed by atoms with E-state index in [-0.39, 0.29) is 17.5 Å². The van der Waals surface area contributed by atoms with Crippen molar-refractivity contribution in [2.75, 3.05) is 5.75 Å². The lowest BCUT2D eigenvalue weighted by molar-refractivity contribution is 0.583. The van der Waals surface area contributed by atoms with Gasteiger partial charge in [0, 0.05) is 6.04 Å². The minimum absolute atomic E-state index is 0.0668. The monoisotopic (exact) mass is 241 g/mol. The second-order valence-corrected chi connectivity index (χ2v) is 6.32. The molecule has 0 heterocycles. The molecule has 0 aliphatic carbocycles. The Balaban J connectivity index is 2.69. The third-order valence-corrected chi connectivity index (χ3v) is 4.21. The molecule has 1 aromatic carbocycles. The van der Waals surface area contributed by atoms with Crippen LogP contribution in [0.3, 0.4) is 0 Å². The molecule has 1 atom stereocenters. The molecule has 0 aliphatic heterocycles. The number of rotatable bonds is 5. The number of hydrogen-bond acceptors (Lipinski definition) is 3. The van der Waals surface area contributed by atoms with Gasteiger partial charge < -0.3 is 5.73 Å². The lowest BCUT2D eigenvalue weighted by atomic mass is 10.2. The van der Waals surface area contributed by atoms with E-state index in [4.69, 9.17) is 5.73 Å². The van der Waals surface area contributed by atoms with E-state index in [1.54, 1.807) is 0 Å². The van der Waals surface area contributed by atoms with Gasteiger partial charge in [0.1, 0.15) is 0 Å². The SMILES string of the molecule is CCC(N)CS(=O)(=O)Cc1ccc(C)cc1. The van der Waals surface area contributed by atoms with Crippen LogP contribution < -0.4 is 5.73 Å². The van der Waals surface area contributed by atoms with E-state index >= 15 is 0 Å². The molecule has 0 bridgehead atoms. The van der Waals surface area contributed by atoms with Crippen molar-refractivity contribution >= 4 is 9.84 Å². The predicted octanol–water partition coefficient (Wildman–Crippen LogP) is 1.65. The Hall–Kier alpha value is -0.870. The van der Waals surface area contributed by atoms with Crippen molar-refractivity contribution in [2.45, 2.75) is 32.1 Å². The van der Waals surface area contributed by atoms with Crippen molar-refractivity contribution in [1.82, 2.24) is 0 Å². The minimum atomic E-state index is -3.08. The van der Waals surface area contributed by atoms with Gasteiger partial charge in [0.2, 0.25) is 0 Å². The molecule has 16 heavy (non-hydrogen) atoms. The van der Waals surface area contributed by atoms with Gasteiger partial charge in [-0.1, -0.05) is 36.8 Å². The van der Waals surface area contributed by atoms with Gasteiger partial charge in [-0.15, -0.1) is 0 Å². The molecule has 3 nitrogen and oxygen atoms in total. The largest absolute Gasteiger partial charge is 0.327 e. The molecule has 0 saturated heterocycles. The first-order chi connectivity index (χ1) is 7.43. The highest BCUT2D eigenvalue weighted by molar-refractivity contribution is 7.90. The van der Waals surface area contributed by atoms with Crippen molar-refractivity contribution in [1.29, 1.82) is 0 Å². The average molecular weight is 241 g/mol. The summed E-state index contributed by atoms with van der Waals surface area (Å²) in [6, 6.07) is 7.29. The maximum Gasteiger partial charge on any atom is 0.155 e. The summed E-state index contributed by atoms with van der Waals surface area (Å²) in [7, 11) is -3.08. The fourth-order valence-electron chi connectivity index (χ4n) is 1.44. The van der Waals surface area contributed by atoms with Crippen molar-refractivity contribution < 1.29 is 8.42 Å². The van der Waals surface area contributed by atoms with Crippen LogP contribution in [0.15, 0.2) is 24.3 Å². The molecule has 0 amide bonds. The van der Waals surface area contributed by atoms with Crippen molar-refractivity contribution in [3.8, 4) is 0 Å². The summed E-state index contributed by atoms with van der Waals surface area (Å²) in [5, 5.41) is 0. The van der Waals surface area contributed by atoms with E-state index < -0.39 is 9.84 Å². The molecule has 1 unspecified atom stereocenters. The number of sulfone groups is 1. The van der Waals surface area contributed by atoms with Gasteiger partial charge in [0.05, 0.1) is 11.5 Å². The van der Waals surface area contributed by atoms with Crippen molar-refractivity contribution in [3.63, 3.8) is 0 Å². The molecule has 0 spiro atoms. The lowest BCUT2D eigenvalue weighted by Gasteiger charge is -2.09. The van der Waals surface area contributed by atoms with E-state index in [9.17, 15) is 8.42 Å². The molecule has 90 valence electrons. The highest BCUT2D eigenvalue weighted by atomic mass is 32.2. The highest BCUT2D eigenvalue weighted by Gasteiger charge is 2.15. The molecule has 1 rings (SSSR count). The van der Waals surface area contributed by atoms with Crippen LogP contribution >= 0.6 is 0 Å². The zero-order valence-corrected chi connectivity index (χ0v) is 10.6. The van der Waals surface area contributed by atoms with Crippen LogP contribution in [0.4, 0.5) is 0 Å². The first kappa shape index (κ1) is 13.2. The van der Waals surface area contributed by atoms with Crippen LogP contribution in [-0.2, 0) is 15.6 Å². The van der Waals surface area contributed by atoms with Crippen LogP contribution in [-0.4, -0.2) is 20.2 Å². The zero-order chi connectivity index (χ0) is 12.2. The van der Waals surface area contributed by atoms with Gasteiger partial charge >= 0.3 is 0 Å². The van der Waals surface area contributed by atoms with Gasteiger partial charge in [0.25, 0.3) is 0 Å². The first-order valence-electron chi connectivity index (χ1n) is 5.44. The third kappa shape index (κ3) is 4.33. The van der Waals surface area contributed by atoms with E-state index in [2.05, 4.69) is 0 Å². The van der Waals surface area contributed by atoms with Crippen molar-refractivity contribution in [3.05, 3.63) is 35.4 Å². The van der Waals surface area contributed by atoms with Gasteiger partial charge in [-0.2, -0.15) is 0 Å². The summed E-state index contributed by atoms with van der Waals surface area (Å²) in [6.45, 7) is 3.87. The van der Waals surface area contributed by atoms with E-state index in [0.29, 0.717) is 6.42 Å². The summed E-state index contributed by atoms with van der Waals surface area (Å²) in [4.78, 5) is 0. The number of aryl methyl sites for hydroxylation is 1. The van der Waals surface area contributed by atoms with Gasteiger partial charge in [-0.05, 0) is 18.9 Å². The van der Waals surface area contributed by atoms with Gasteiger partial charge in [-0.3, -0.25) is 0 Å². The van der Waals surface area contributed by atoms with E-state index in [1.165, 1.54) is 0 Å². The van der Waals surface area contributed by atoms with Gasteiger partial charge in [-0.25, -0.2) is 8.42 Å². The first-order valence-corrected chi connectivity index (χ1v) is 7.26. The van der Waals surface area contributed by atoms with Gasteiger partial charge in [0.15, 0.2) is 9.84 Å². The second-order valence-electron chi connectivity index (χ2n) is 4.21. The summed E-state index contributed by atoms with van der Waals surface area (Å²) < 4.78 is 23.5. The third-order valence-electron chi connectivity index (χ3n) is 2.50. The average Bonchev–Trinajstić information content (AvgIpc) is 2.20. The molecule has 0 aliphatic rings. The molecule has 0 radical (unpaired) electrons. The molecule has 0 saturated carbocycles. The van der Waals surface area contributed by atoms with Crippen LogP contribution in [0.5, 0.6) is 0 Å². The summed E-state index contributed by atoms with van der Waals surface area (Å²) in [5.74, 6) is 0.151. The van der Waals surface area contributed by atoms with Crippen molar-refractivity contribution in [2.24, 2.45) is 5.73 Å². The summed E-state index contributed by atoms with van der Waals surface area (Å²) in [5.41, 5.74) is 7.62. The molecule has 2 N–H and O–H groups in total. The Kier molecular flexibility index (Phi) is 4.50. The van der Waals surface area contributed by atoms with E-state index in [0.717, 1.165) is 11.1 Å². The Morgan fingerprint density at radius 2 is 1.81 bits per heavy atom. The standard InChI is InChI=1S/C12H19NO2S/c1-3-12(13)9-16(14,15)8-11-6-4-10(2)5-7-11/h4-7,12H,3,8-9,13H2,1-2H3. The second kappa shape index (κ2) is 5.46. The van der Waals surface area contributed by atoms with Crippen LogP contribution in [0.1, 0.15) is 24.5 Å². The lowest BCUT2D eigenvalue weighted by Crippen LogP contribution is -2.29. The maximum absolute atomic E-state index is 11.8. The number of benzene rings is 1. The Labute approximate surface area is 97.6 Å². The van der Waals surface area contributed by atoms with Crippen LogP contribution in [0, 0.1) is 6.92 Å². The predicted molar refractivity (Wildman–Crippen MR) is 66.9 cm³/mol.